The van der Waals surface area contributed by atoms with Crippen LogP contribution in [0, 0.1) is 5.92 Å². The lowest BCUT2D eigenvalue weighted by Gasteiger charge is -2.27. The van der Waals surface area contributed by atoms with Crippen molar-refractivity contribution in [3.05, 3.63) is 17.0 Å². The SMILES string of the molecule is C[C@H]1CCC[NH+](CC(=O)Nc2sccc2C(N)=O)C1. The fourth-order valence-corrected chi connectivity index (χ4v) is 3.36. The van der Waals surface area contributed by atoms with Crippen molar-refractivity contribution in [3.8, 4) is 0 Å². The van der Waals surface area contributed by atoms with Gasteiger partial charge in [0.1, 0.15) is 5.00 Å². The van der Waals surface area contributed by atoms with Crippen molar-refractivity contribution in [2.45, 2.75) is 19.8 Å². The molecule has 0 bridgehead atoms. The number of primary amides is 1. The molecule has 104 valence electrons. The summed E-state index contributed by atoms with van der Waals surface area (Å²) in [5.41, 5.74) is 5.64. The third kappa shape index (κ3) is 3.78. The summed E-state index contributed by atoms with van der Waals surface area (Å²) < 4.78 is 0. The number of anilines is 1. The highest BCUT2D eigenvalue weighted by atomic mass is 32.1. The summed E-state index contributed by atoms with van der Waals surface area (Å²) in [6, 6.07) is 1.64. The summed E-state index contributed by atoms with van der Waals surface area (Å²) in [5, 5.41) is 5.10. The van der Waals surface area contributed by atoms with Gasteiger partial charge in [0, 0.05) is 5.92 Å². The fraction of sp³-hybridized carbons (Fsp3) is 0.538. The number of quaternary nitrogens is 1. The van der Waals surface area contributed by atoms with Crippen LogP contribution in [0.1, 0.15) is 30.1 Å². The molecule has 0 aliphatic carbocycles. The van der Waals surface area contributed by atoms with Crippen LogP contribution in [0.25, 0.3) is 0 Å². The number of carbonyl (C=O) groups excluding carboxylic acids is 2. The molecule has 4 N–H and O–H groups in total. The zero-order valence-corrected chi connectivity index (χ0v) is 11.9. The van der Waals surface area contributed by atoms with Crippen LogP contribution in [-0.2, 0) is 4.79 Å². The highest BCUT2D eigenvalue weighted by Crippen LogP contribution is 2.22. The second-order valence-corrected chi connectivity index (χ2v) is 6.12. The first-order valence-corrected chi connectivity index (χ1v) is 7.45. The number of likely N-dealkylation sites (tertiary alicyclic amines) is 1. The van der Waals surface area contributed by atoms with Gasteiger partial charge in [0.25, 0.3) is 11.8 Å². The lowest BCUT2D eigenvalue weighted by Crippen LogP contribution is -3.14. The molecule has 1 fully saturated rings. The smallest absolute Gasteiger partial charge is 0.280 e. The minimum absolute atomic E-state index is 0.0472. The quantitative estimate of drug-likeness (QED) is 0.732. The molecule has 0 spiro atoms. The van der Waals surface area contributed by atoms with Crippen molar-refractivity contribution < 1.29 is 14.5 Å². The first-order valence-electron chi connectivity index (χ1n) is 6.57. The van der Waals surface area contributed by atoms with Crippen LogP contribution >= 0.6 is 11.3 Å². The molecule has 2 rings (SSSR count). The van der Waals surface area contributed by atoms with Gasteiger partial charge in [-0.1, -0.05) is 6.92 Å². The Morgan fingerprint density at radius 1 is 1.58 bits per heavy atom. The molecule has 0 saturated carbocycles. The highest BCUT2D eigenvalue weighted by Gasteiger charge is 2.22. The van der Waals surface area contributed by atoms with E-state index in [9.17, 15) is 9.59 Å². The number of thiophene rings is 1. The van der Waals surface area contributed by atoms with E-state index in [0.717, 1.165) is 13.1 Å². The lowest BCUT2D eigenvalue weighted by atomic mass is 10.0. The van der Waals surface area contributed by atoms with E-state index in [1.54, 1.807) is 11.4 Å². The summed E-state index contributed by atoms with van der Waals surface area (Å²) in [4.78, 5) is 24.5. The van der Waals surface area contributed by atoms with Crippen LogP contribution < -0.4 is 16.0 Å². The third-order valence-corrected chi connectivity index (χ3v) is 4.29. The molecule has 0 radical (unpaired) electrons. The number of carbonyl (C=O) groups is 2. The number of piperidine rings is 1. The summed E-state index contributed by atoms with van der Waals surface area (Å²) in [6.45, 7) is 4.77. The van der Waals surface area contributed by atoms with Crippen LogP contribution in [0.3, 0.4) is 0 Å². The first kappa shape index (κ1) is 14.0. The molecule has 1 aliphatic rings. The largest absolute Gasteiger partial charge is 0.366 e. The normalized spacial score (nSPS) is 23.0. The molecule has 2 amide bonds. The minimum Gasteiger partial charge on any atom is -0.366 e. The molecule has 5 nitrogen and oxygen atoms in total. The number of rotatable bonds is 4. The van der Waals surface area contributed by atoms with Gasteiger partial charge < -0.3 is 16.0 Å². The van der Waals surface area contributed by atoms with Gasteiger partial charge >= 0.3 is 0 Å². The van der Waals surface area contributed by atoms with Gasteiger partial charge in [0.15, 0.2) is 6.54 Å². The van der Waals surface area contributed by atoms with Gasteiger partial charge in [-0.05, 0) is 24.3 Å². The van der Waals surface area contributed by atoms with Crippen molar-refractivity contribution in [1.29, 1.82) is 0 Å². The molecule has 6 heteroatoms. The molecular weight excluding hydrogens is 262 g/mol. The second-order valence-electron chi connectivity index (χ2n) is 5.20. The summed E-state index contributed by atoms with van der Waals surface area (Å²) in [5.74, 6) is 0.129. The van der Waals surface area contributed by atoms with E-state index in [1.807, 2.05) is 0 Å². The van der Waals surface area contributed by atoms with Crippen molar-refractivity contribution in [3.63, 3.8) is 0 Å². The van der Waals surface area contributed by atoms with E-state index in [4.69, 9.17) is 5.73 Å². The maximum atomic E-state index is 12.0. The Morgan fingerprint density at radius 2 is 2.37 bits per heavy atom. The number of nitrogens with two attached hydrogens (primary N) is 1. The number of hydrogen-bond donors (Lipinski definition) is 3. The molecule has 1 aliphatic heterocycles. The molecule has 1 saturated heterocycles. The molecule has 1 unspecified atom stereocenters. The molecule has 2 atom stereocenters. The van der Waals surface area contributed by atoms with Crippen LogP contribution in [-0.4, -0.2) is 31.4 Å². The van der Waals surface area contributed by atoms with Crippen molar-refractivity contribution in [1.82, 2.24) is 0 Å². The molecular formula is C13H20N3O2S+. The Hall–Kier alpha value is -1.40. The standard InChI is InChI=1S/C13H19N3O2S/c1-9-3-2-5-16(7-9)8-11(17)15-13-10(12(14)18)4-6-19-13/h4,6,9H,2-3,5,7-8H2,1H3,(H2,14,18)(H,15,17)/p+1/t9-/m0/s1. The van der Waals surface area contributed by atoms with Gasteiger partial charge in [-0.2, -0.15) is 0 Å². The molecule has 2 heterocycles. The Balaban J connectivity index is 1.90. The molecule has 1 aromatic rings. The lowest BCUT2D eigenvalue weighted by molar-refractivity contribution is -0.900. The van der Waals surface area contributed by atoms with E-state index < -0.39 is 5.91 Å². The van der Waals surface area contributed by atoms with Crippen LogP contribution in [0.5, 0.6) is 0 Å². The van der Waals surface area contributed by atoms with Crippen LogP contribution in [0.15, 0.2) is 11.4 Å². The number of nitrogens with one attached hydrogen (secondary N) is 2. The van der Waals surface area contributed by atoms with Gasteiger partial charge in [-0.25, -0.2) is 0 Å². The summed E-state index contributed by atoms with van der Waals surface area (Å²) in [7, 11) is 0. The number of amides is 2. The van der Waals surface area contributed by atoms with Crippen molar-refractivity contribution >= 4 is 28.2 Å². The predicted octanol–water partition coefficient (Wildman–Crippen LogP) is 0.100. The van der Waals surface area contributed by atoms with Gasteiger partial charge in [0.05, 0.1) is 18.7 Å². The Bertz CT molecular complexity index is 472. The van der Waals surface area contributed by atoms with Gasteiger partial charge in [-0.15, -0.1) is 11.3 Å². The Morgan fingerprint density at radius 3 is 3.05 bits per heavy atom. The van der Waals surface area contributed by atoms with Crippen LogP contribution in [0.2, 0.25) is 0 Å². The third-order valence-electron chi connectivity index (χ3n) is 3.46. The van der Waals surface area contributed by atoms with Crippen molar-refractivity contribution in [2.75, 3.05) is 25.0 Å². The summed E-state index contributed by atoms with van der Waals surface area (Å²) in [6.07, 6.45) is 2.43. The average Bonchev–Trinajstić information content (AvgIpc) is 2.76. The van der Waals surface area contributed by atoms with E-state index in [0.29, 0.717) is 23.0 Å². The minimum atomic E-state index is -0.504. The average molecular weight is 282 g/mol. The zero-order chi connectivity index (χ0) is 13.8. The Labute approximate surface area is 116 Å². The van der Waals surface area contributed by atoms with Gasteiger partial charge in [-0.3, -0.25) is 9.59 Å². The second kappa shape index (κ2) is 6.16. The van der Waals surface area contributed by atoms with Crippen molar-refractivity contribution in [2.24, 2.45) is 11.7 Å². The van der Waals surface area contributed by atoms with Crippen LogP contribution in [0.4, 0.5) is 5.00 Å². The fourth-order valence-electron chi connectivity index (χ4n) is 2.56. The molecule has 19 heavy (non-hydrogen) atoms. The zero-order valence-electron chi connectivity index (χ0n) is 11.1. The topological polar surface area (TPSA) is 76.6 Å². The van der Waals surface area contributed by atoms with E-state index >= 15 is 0 Å². The summed E-state index contributed by atoms with van der Waals surface area (Å²) >= 11 is 1.33. The van der Waals surface area contributed by atoms with E-state index in [2.05, 4.69) is 12.2 Å². The number of hydrogen-bond acceptors (Lipinski definition) is 3. The maximum Gasteiger partial charge on any atom is 0.280 e. The first-order chi connectivity index (χ1) is 9.06. The van der Waals surface area contributed by atoms with E-state index in [-0.39, 0.29) is 5.91 Å². The monoisotopic (exact) mass is 282 g/mol. The maximum absolute atomic E-state index is 12.0. The molecule has 0 aromatic carbocycles. The Kier molecular flexibility index (Phi) is 4.55. The predicted molar refractivity (Wildman–Crippen MR) is 75.4 cm³/mol. The van der Waals surface area contributed by atoms with E-state index in [1.165, 1.54) is 29.1 Å². The van der Waals surface area contributed by atoms with Gasteiger partial charge in [0.2, 0.25) is 0 Å². The molecule has 1 aromatic heterocycles. The highest BCUT2D eigenvalue weighted by molar-refractivity contribution is 7.14.